The van der Waals surface area contributed by atoms with E-state index in [-0.39, 0.29) is 12.3 Å². The van der Waals surface area contributed by atoms with Gasteiger partial charge in [-0.1, -0.05) is 45.7 Å². The van der Waals surface area contributed by atoms with Gasteiger partial charge in [0.2, 0.25) is 0 Å². The Morgan fingerprint density at radius 3 is 2.68 bits per heavy atom. The van der Waals surface area contributed by atoms with Crippen LogP contribution in [0.25, 0.3) is 0 Å². The Hall–Kier alpha value is -1.10. The monoisotopic (exact) mass is 343 g/mol. The van der Waals surface area contributed by atoms with Crippen LogP contribution in [0.15, 0.2) is 46.9 Å². The molecular weight excluding hydrogens is 333 g/mol. The molecule has 0 radical (unpaired) electrons. The van der Waals surface area contributed by atoms with Gasteiger partial charge in [0.15, 0.2) is 11.6 Å². The highest BCUT2D eigenvalue weighted by atomic mass is 79.9. The van der Waals surface area contributed by atoms with Crippen molar-refractivity contribution in [2.75, 3.05) is 6.54 Å². The van der Waals surface area contributed by atoms with Crippen molar-refractivity contribution in [2.45, 2.75) is 6.10 Å². The lowest BCUT2D eigenvalue weighted by Crippen LogP contribution is -2.19. The van der Waals surface area contributed by atoms with Gasteiger partial charge in [-0.15, -0.1) is 0 Å². The second kappa shape index (κ2) is 6.37. The average molecular weight is 345 g/mol. The Labute approximate surface area is 124 Å². The third-order valence-corrected chi connectivity index (χ3v) is 3.47. The summed E-state index contributed by atoms with van der Waals surface area (Å²) in [6.45, 7) is 0.204. The van der Waals surface area contributed by atoms with Crippen molar-refractivity contribution >= 4 is 27.5 Å². The molecule has 0 amide bonds. The summed E-state index contributed by atoms with van der Waals surface area (Å²) in [6, 6.07) is 11.7. The highest BCUT2D eigenvalue weighted by Gasteiger charge is 2.16. The van der Waals surface area contributed by atoms with E-state index in [1.807, 2.05) is 18.2 Å². The summed E-state index contributed by atoms with van der Waals surface area (Å²) in [7, 11) is 0. The Morgan fingerprint density at radius 2 is 2.00 bits per heavy atom. The van der Waals surface area contributed by atoms with Crippen LogP contribution in [0.3, 0.4) is 0 Å². The van der Waals surface area contributed by atoms with Crippen molar-refractivity contribution in [3.63, 3.8) is 0 Å². The number of ether oxygens (including phenoxy) is 1. The summed E-state index contributed by atoms with van der Waals surface area (Å²) >= 11 is 9.37. The van der Waals surface area contributed by atoms with Crippen molar-refractivity contribution in [3.8, 4) is 5.75 Å². The molecule has 19 heavy (non-hydrogen) atoms. The molecular formula is C14H12BrClFNO. The smallest absolute Gasteiger partial charge is 0.165 e. The fraction of sp³-hybridized carbons (Fsp3) is 0.143. The first kappa shape index (κ1) is 14.3. The zero-order chi connectivity index (χ0) is 13.8. The highest BCUT2D eigenvalue weighted by molar-refractivity contribution is 9.10. The Morgan fingerprint density at radius 1 is 1.26 bits per heavy atom. The molecule has 0 saturated heterocycles. The van der Waals surface area contributed by atoms with Crippen LogP contribution in [-0.2, 0) is 0 Å². The minimum atomic E-state index is -0.488. The summed E-state index contributed by atoms with van der Waals surface area (Å²) in [5, 5.41) is 0.549. The standard InChI is InChI=1S/C14H12BrClFNO/c15-9-5-6-12(17)13(7-9)19-14(8-18)10-3-1-2-4-11(10)16/h1-7,14H,8,18H2. The van der Waals surface area contributed by atoms with Crippen LogP contribution >= 0.6 is 27.5 Å². The van der Waals surface area contributed by atoms with Gasteiger partial charge in [-0.2, -0.15) is 0 Å². The summed E-state index contributed by atoms with van der Waals surface area (Å²) in [4.78, 5) is 0. The van der Waals surface area contributed by atoms with Gasteiger partial charge in [0.05, 0.1) is 0 Å². The molecule has 0 aliphatic carbocycles. The van der Waals surface area contributed by atoms with Crippen molar-refractivity contribution < 1.29 is 9.13 Å². The molecule has 0 bridgehead atoms. The lowest BCUT2D eigenvalue weighted by molar-refractivity contribution is 0.204. The van der Waals surface area contributed by atoms with Gasteiger partial charge in [0, 0.05) is 21.6 Å². The molecule has 2 aromatic carbocycles. The van der Waals surface area contributed by atoms with E-state index in [2.05, 4.69) is 15.9 Å². The molecule has 1 atom stereocenters. The molecule has 100 valence electrons. The molecule has 2 nitrogen and oxygen atoms in total. The molecule has 2 rings (SSSR count). The number of benzene rings is 2. The molecule has 1 unspecified atom stereocenters. The normalized spacial score (nSPS) is 12.2. The van der Waals surface area contributed by atoms with Gasteiger partial charge in [-0.3, -0.25) is 0 Å². The van der Waals surface area contributed by atoms with E-state index < -0.39 is 11.9 Å². The van der Waals surface area contributed by atoms with Crippen LogP contribution in [0.4, 0.5) is 4.39 Å². The predicted octanol–water partition coefficient (Wildman–Crippen LogP) is 4.32. The Balaban J connectivity index is 2.29. The predicted molar refractivity (Wildman–Crippen MR) is 78.0 cm³/mol. The Bertz CT molecular complexity index is 579. The maximum atomic E-state index is 13.7. The third kappa shape index (κ3) is 3.47. The van der Waals surface area contributed by atoms with Crippen LogP contribution in [0.5, 0.6) is 5.75 Å². The number of rotatable bonds is 4. The first-order valence-corrected chi connectivity index (χ1v) is 6.85. The number of hydrogen-bond acceptors (Lipinski definition) is 2. The molecule has 0 spiro atoms. The molecule has 0 heterocycles. The Kier molecular flexibility index (Phi) is 4.80. The second-order valence-electron chi connectivity index (χ2n) is 3.94. The van der Waals surface area contributed by atoms with Gasteiger partial charge >= 0.3 is 0 Å². The van der Waals surface area contributed by atoms with E-state index in [1.165, 1.54) is 6.07 Å². The maximum Gasteiger partial charge on any atom is 0.165 e. The van der Waals surface area contributed by atoms with Gasteiger partial charge < -0.3 is 10.5 Å². The summed E-state index contributed by atoms with van der Waals surface area (Å²) in [6.07, 6.45) is -0.488. The molecule has 2 N–H and O–H groups in total. The topological polar surface area (TPSA) is 35.2 Å². The van der Waals surface area contributed by atoms with Crippen molar-refractivity contribution in [2.24, 2.45) is 5.73 Å². The largest absolute Gasteiger partial charge is 0.481 e. The lowest BCUT2D eigenvalue weighted by atomic mass is 10.1. The van der Waals surface area contributed by atoms with Gasteiger partial charge in [0.25, 0.3) is 0 Å². The average Bonchev–Trinajstić information content (AvgIpc) is 2.41. The maximum absolute atomic E-state index is 13.7. The fourth-order valence-corrected chi connectivity index (χ4v) is 2.29. The van der Waals surface area contributed by atoms with E-state index >= 15 is 0 Å². The molecule has 5 heteroatoms. The van der Waals surface area contributed by atoms with E-state index in [1.54, 1.807) is 18.2 Å². The van der Waals surface area contributed by atoms with E-state index in [4.69, 9.17) is 22.1 Å². The van der Waals surface area contributed by atoms with Crippen molar-refractivity contribution in [3.05, 3.63) is 63.3 Å². The molecule has 0 saturated carbocycles. The number of halogens is 3. The minimum Gasteiger partial charge on any atom is -0.481 e. The van der Waals surface area contributed by atoms with Crippen LogP contribution in [-0.4, -0.2) is 6.54 Å². The molecule has 0 aliphatic rings. The molecule has 0 aromatic heterocycles. The van der Waals surface area contributed by atoms with Crippen molar-refractivity contribution in [1.29, 1.82) is 0 Å². The number of hydrogen-bond donors (Lipinski definition) is 1. The van der Waals surface area contributed by atoms with Crippen LogP contribution in [0.1, 0.15) is 11.7 Å². The molecule has 0 aliphatic heterocycles. The van der Waals surface area contributed by atoms with Crippen LogP contribution < -0.4 is 10.5 Å². The minimum absolute atomic E-state index is 0.143. The summed E-state index contributed by atoms with van der Waals surface area (Å²) in [5.74, 6) is -0.293. The first-order chi connectivity index (χ1) is 9.11. The van der Waals surface area contributed by atoms with E-state index in [9.17, 15) is 4.39 Å². The van der Waals surface area contributed by atoms with E-state index in [0.29, 0.717) is 5.02 Å². The lowest BCUT2D eigenvalue weighted by Gasteiger charge is -2.19. The van der Waals surface area contributed by atoms with E-state index in [0.717, 1.165) is 10.0 Å². The van der Waals surface area contributed by atoms with Gasteiger partial charge in [-0.05, 0) is 24.3 Å². The van der Waals surface area contributed by atoms with Crippen LogP contribution in [0.2, 0.25) is 5.02 Å². The summed E-state index contributed by atoms with van der Waals surface area (Å²) < 4.78 is 20.0. The first-order valence-electron chi connectivity index (χ1n) is 5.68. The summed E-state index contributed by atoms with van der Waals surface area (Å²) in [5.41, 5.74) is 6.43. The van der Waals surface area contributed by atoms with Gasteiger partial charge in [0.1, 0.15) is 6.10 Å². The molecule has 0 fully saturated rings. The highest BCUT2D eigenvalue weighted by Crippen LogP contribution is 2.30. The quantitative estimate of drug-likeness (QED) is 0.896. The zero-order valence-corrected chi connectivity index (χ0v) is 12.3. The molecule has 2 aromatic rings. The van der Waals surface area contributed by atoms with Crippen LogP contribution in [0, 0.1) is 5.82 Å². The fourth-order valence-electron chi connectivity index (χ4n) is 1.70. The zero-order valence-electron chi connectivity index (χ0n) is 9.95. The second-order valence-corrected chi connectivity index (χ2v) is 5.26. The third-order valence-electron chi connectivity index (χ3n) is 2.63. The number of nitrogens with two attached hydrogens (primary N) is 1. The SMILES string of the molecule is NCC(Oc1cc(Br)ccc1F)c1ccccc1Cl. The van der Waals surface area contributed by atoms with Crippen molar-refractivity contribution in [1.82, 2.24) is 0 Å². The van der Waals surface area contributed by atoms with Gasteiger partial charge in [-0.25, -0.2) is 4.39 Å².